The lowest BCUT2D eigenvalue weighted by Crippen LogP contribution is -2.32. The van der Waals surface area contributed by atoms with Crippen LogP contribution in [0.2, 0.25) is 0 Å². The minimum Gasteiger partial charge on any atom is -0.493 e. The molecule has 160 valence electrons. The number of rotatable bonds is 4. The van der Waals surface area contributed by atoms with Crippen molar-refractivity contribution in [1.82, 2.24) is 0 Å². The van der Waals surface area contributed by atoms with Crippen molar-refractivity contribution in [3.05, 3.63) is 52.7 Å². The van der Waals surface area contributed by atoms with E-state index in [0.29, 0.717) is 51.9 Å². The Balaban J connectivity index is 1.54. The normalized spacial score (nSPS) is 21.2. The first-order valence-electron chi connectivity index (χ1n) is 9.91. The van der Waals surface area contributed by atoms with E-state index in [-0.39, 0.29) is 24.9 Å². The molecule has 0 saturated heterocycles. The Bertz CT molecular complexity index is 1140. The summed E-state index contributed by atoms with van der Waals surface area (Å²) in [5.74, 6) is -0.148. The summed E-state index contributed by atoms with van der Waals surface area (Å²) in [6.07, 6.45) is 0.730. The van der Waals surface area contributed by atoms with Crippen LogP contribution in [-0.4, -0.2) is 37.9 Å². The number of carbonyl (C=O) groups excluding carboxylic acids is 1. The molecule has 3 aliphatic rings. The third kappa shape index (κ3) is 3.06. The van der Waals surface area contributed by atoms with Crippen molar-refractivity contribution in [1.29, 1.82) is 0 Å². The van der Waals surface area contributed by atoms with Gasteiger partial charge in [-0.05, 0) is 41.7 Å². The van der Waals surface area contributed by atoms with Gasteiger partial charge in [0, 0.05) is 29.4 Å². The van der Waals surface area contributed by atoms with E-state index in [4.69, 9.17) is 18.9 Å². The van der Waals surface area contributed by atoms with Crippen LogP contribution in [0, 0.1) is 0 Å². The molecule has 2 aliphatic heterocycles. The molecule has 0 saturated carbocycles. The second-order valence-electron chi connectivity index (χ2n) is 7.72. The molecule has 2 N–H and O–H groups in total. The average molecular weight is 423 g/mol. The number of ether oxygens (including phenoxy) is 4. The van der Waals surface area contributed by atoms with Gasteiger partial charge < -0.3 is 29.4 Å². The fourth-order valence-corrected chi connectivity index (χ4v) is 4.61. The summed E-state index contributed by atoms with van der Waals surface area (Å²) in [6.45, 7) is 0.0867. The highest BCUT2D eigenvalue weighted by atomic mass is 16.7. The smallest absolute Gasteiger partial charge is 0.315 e. The van der Waals surface area contributed by atoms with Gasteiger partial charge in [0.15, 0.2) is 28.8 Å². The lowest BCUT2D eigenvalue weighted by atomic mass is 9.74. The fraction of sp³-hybridized carbons (Fsp3) is 0.304. The van der Waals surface area contributed by atoms with Gasteiger partial charge in [-0.25, -0.2) is 0 Å². The van der Waals surface area contributed by atoms with Gasteiger partial charge in [0.1, 0.15) is 5.92 Å². The van der Waals surface area contributed by atoms with Gasteiger partial charge >= 0.3 is 5.97 Å². The van der Waals surface area contributed by atoms with Crippen molar-refractivity contribution in [3.8, 4) is 23.0 Å². The Hall–Kier alpha value is -3.68. The number of carboxylic acid groups (broad SMARTS) is 1. The number of carboxylic acids is 1. The Labute approximate surface area is 178 Å². The molecule has 0 amide bonds. The molecule has 0 spiro atoms. The Morgan fingerprint density at radius 3 is 2.52 bits per heavy atom. The predicted octanol–water partition coefficient (Wildman–Crippen LogP) is 3.43. The number of allylic oxidation sites excluding steroid dienone is 1. The van der Waals surface area contributed by atoms with Crippen molar-refractivity contribution in [2.24, 2.45) is 0 Å². The Kier molecular flexibility index (Phi) is 4.50. The van der Waals surface area contributed by atoms with E-state index in [1.54, 1.807) is 26.4 Å². The van der Waals surface area contributed by atoms with E-state index < -0.39 is 11.9 Å². The van der Waals surface area contributed by atoms with Crippen LogP contribution in [0.1, 0.15) is 35.8 Å². The van der Waals surface area contributed by atoms with Gasteiger partial charge in [0.05, 0.1) is 14.2 Å². The number of methoxy groups -OCH3 is 2. The highest BCUT2D eigenvalue weighted by molar-refractivity contribution is 6.06. The van der Waals surface area contributed by atoms with Crippen LogP contribution in [0.3, 0.4) is 0 Å². The summed E-state index contributed by atoms with van der Waals surface area (Å²) in [4.78, 5) is 25.4. The number of carbonyl (C=O) groups is 2. The summed E-state index contributed by atoms with van der Waals surface area (Å²) >= 11 is 0. The Morgan fingerprint density at radius 2 is 1.81 bits per heavy atom. The molecule has 2 aromatic rings. The van der Waals surface area contributed by atoms with E-state index in [1.165, 1.54) is 0 Å². The molecular formula is C23H21NO7. The predicted molar refractivity (Wildman–Crippen MR) is 110 cm³/mol. The first-order valence-corrected chi connectivity index (χ1v) is 9.91. The number of fused-ring (bicyclic) bond motifs is 2. The van der Waals surface area contributed by atoms with Gasteiger partial charge in [-0.1, -0.05) is 6.07 Å². The molecule has 8 nitrogen and oxygen atoms in total. The zero-order valence-corrected chi connectivity index (χ0v) is 17.1. The van der Waals surface area contributed by atoms with Crippen molar-refractivity contribution in [2.75, 3.05) is 26.3 Å². The summed E-state index contributed by atoms with van der Waals surface area (Å²) in [5, 5.41) is 13.3. The van der Waals surface area contributed by atoms with Crippen molar-refractivity contribution >= 4 is 17.4 Å². The zero-order valence-electron chi connectivity index (χ0n) is 17.1. The summed E-state index contributed by atoms with van der Waals surface area (Å²) in [5.41, 5.74) is 3.01. The molecule has 2 heterocycles. The molecule has 8 heteroatoms. The van der Waals surface area contributed by atoms with Crippen LogP contribution in [0.5, 0.6) is 23.0 Å². The SMILES string of the molecule is COc1ccc([C@H]2CC(=O)C3=C(C2)Nc2cc4c(cc2[C@H]3C(=O)O)OCO4)cc1OC. The summed E-state index contributed by atoms with van der Waals surface area (Å²) < 4.78 is 21.5. The highest BCUT2D eigenvalue weighted by Crippen LogP contribution is 2.49. The monoisotopic (exact) mass is 423 g/mol. The van der Waals surface area contributed by atoms with Crippen LogP contribution < -0.4 is 24.3 Å². The van der Waals surface area contributed by atoms with E-state index in [0.717, 1.165) is 5.56 Å². The third-order valence-corrected chi connectivity index (χ3v) is 6.06. The van der Waals surface area contributed by atoms with E-state index in [2.05, 4.69) is 5.32 Å². The van der Waals surface area contributed by atoms with Crippen molar-refractivity contribution in [2.45, 2.75) is 24.7 Å². The van der Waals surface area contributed by atoms with Gasteiger partial charge in [0.25, 0.3) is 0 Å². The average Bonchev–Trinajstić information content (AvgIpc) is 3.22. The van der Waals surface area contributed by atoms with Gasteiger partial charge in [-0.3, -0.25) is 9.59 Å². The topological polar surface area (TPSA) is 103 Å². The summed E-state index contributed by atoms with van der Waals surface area (Å²) in [7, 11) is 3.13. The van der Waals surface area contributed by atoms with E-state index in [9.17, 15) is 14.7 Å². The maximum Gasteiger partial charge on any atom is 0.315 e. The lowest BCUT2D eigenvalue weighted by Gasteiger charge is -2.35. The first kappa shape index (κ1) is 19.3. The number of benzene rings is 2. The van der Waals surface area contributed by atoms with Gasteiger partial charge in [-0.15, -0.1) is 0 Å². The number of aliphatic carboxylic acids is 1. The molecule has 0 fully saturated rings. The summed E-state index contributed by atoms with van der Waals surface area (Å²) in [6, 6.07) is 8.98. The van der Waals surface area contributed by atoms with Crippen LogP contribution >= 0.6 is 0 Å². The van der Waals surface area contributed by atoms with Gasteiger partial charge in [0.2, 0.25) is 6.79 Å². The minimum atomic E-state index is -1.06. The number of hydrogen-bond acceptors (Lipinski definition) is 7. The van der Waals surface area contributed by atoms with Gasteiger partial charge in [-0.2, -0.15) is 0 Å². The molecule has 0 unspecified atom stereocenters. The van der Waals surface area contributed by atoms with Crippen LogP contribution in [0.4, 0.5) is 5.69 Å². The van der Waals surface area contributed by atoms with E-state index >= 15 is 0 Å². The molecule has 1 aliphatic carbocycles. The molecule has 2 atom stereocenters. The van der Waals surface area contributed by atoms with E-state index in [1.807, 2.05) is 18.2 Å². The van der Waals surface area contributed by atoms with Crippen molar-refractivity contribution in [3.63, 3.8) is 0 Å². The second kappa shape index (κ2) is 7.23. The molecule has 5 rings (SSSR count). The second-order valence-corrected chi connectivity index (χ2v) is 7.72. The maximum atomic E-state index is 13.2. The van der Waals surface area contributed by atoms with Crippen LogP contribution in [-0.2, 0) is 9.59 Å². The minimum absolute atomic E-state index is 0.0867. The fourth-order valence-electron chi connectivity index (χ4n) is 4.61. The number of nitrogens with one attached hydrogen (secondary N) is 1. The largest absolute Gasteiger partial charge is 0.493 e. The third-order valence-electron chi connectivity index (χ3n) is 6.06. The quantitative estimate of drug-likeness (QED) is 0.771. The highest BCUT2D eigenvalue weighted by Gasteiger charge is 2.42. The maximum absolute atomic E-state index is 13.2. The molecular weight excluding hydrogens is 402 g/mol. The standard InChI is InChI=1S/C23H21NO7/c1-28-17-4-3-11(7-18(17)29-2)12-5-15-22(16(25)6-12)21(23(26)27)13-8-19-20(31-10-30-19)9-14(13)24-15/h3-4,7-9,12,21,24H,5-6,10H2,1-2H3,(H,26,27)/t12-,21-/m1/s1. The zero-order chi connectivity index (χ0) is 21.7. The first-order chi connectivity index (χ1) is 15.0. The van der Waals surface area contributed by atoms with Crippen molar-refractivity contribution < 1.29 is 33.6 Å². The number of hydrogen-bond donors (Lipinski definition) is 2. The van der Waals surface area contributed by atoms with Crippen LogP contribution in [0.25, 0.3) is 0 Å². The Morgan fingerprint density at radius 1 is 1.06 bits per heavy atom. The molecule has 0 bridgehead atoms. The van der Waals surface area contributed by atoms with Crippen LogP contribution in [0.15, 0.2) is 41.6 Å². The molecule has 2 aromatic carbocycles. The lowest BCUT2D eigenvalue weighted by molar-refractivity contribution is -0.138. The number of anilines is 1. The molecule has 31 heavy (non-hydrogen) atoms. The molecule has 0 radical (unpaired) electrons. The number of ketones is 1. The molecule has 0 aromatic heterocycles. The number of Topliss-reactive ketones (excluding diaryl/α,β-unsaturated/α-hetero) is 1.